The van der Waals surface area contributed by atoms with E-state index in [1.54, 1.807) is 24.3 Å². The molecule has 1 saturated heterocycles. The number of nitrogens with zero attached hydrogens (tertiary/aromatic N) is 1. The highest BCUT2D eigenvalue weighted by Crippen LogP contribution is 2.26. The maximum absolute atomic E-state index is 13.0. The van der Waals surface area contributed by atoms with E-state index in [1.165, 1.54) is 9.87 Å². The smallest absolute Gasteiger partial charge is 0.243 e. The average molecular weight is 445 g/mol. The van der Waals surface area contributed by atoms with Crippen LogP contribution in [0.1, 0.15) is 50.3 Å². The van der Waals surface area contributed by atoms with Gasteiger partial charge in [-0.3, -0.25) is 4.79 Å². The molecule has 0 saturated carbocycles. The topological polar surface area (TPSA) is 75.7 Å². The summed E-state index contributed by atoms with van der Waals surface area (Å²) in [4.78, 5) is 13.1. The lowest BCUT2D eigenvalue weighted by Crippen LogP contribution is -2.43. The Morgan fingerprint density at radius 2 is 1.68 bits per heavy atom. The third kappa shape index (κ3) is 5.66. The Balaban J connectivity index is 1.58. The third-order valence-electron chi connectivity index (χ3n) is 5.80. The minimum absolute atomic E-state index is 0.00513. The van der Waals surface area contributed by atoms with Gasteiger partial charge in [0.1, 0.15) is 5.75 Å². The highest BCUT2D eigenvalue weighted by atomic mass is 32.2. The highest BCUT2D eigenvalue weighted by Gasteiger charge is 2.32. The summed E-state index contributed by atoms with van der Waals surface area (Å²) in [5.41, 5.74) is 2.28. The largest absolute Gasteiger partial charge is 0.494 e. The second kappa shape index (κ2) is 10.3. The molecule has 2 aromatic carbocycles. The number of nitrogens with one attached hydrogen (secondary N) is 1. The maximum Gasteiger partial charge on any atom is 0.243 e. The van der Waals surface area contributed by atoms with Gasteiger partial charge in [-0.05, 0) is 62.9 Å². The Bertz CT molecular complexity index is 964. The third-order valence-corrected chi connectivity index (χ3v) is 7.71. The number of carbonyl (C=O) groups excluding carboxylic acids is 1. The van der Waals surface area contributed by atoms with E-state index >= 15 is 0 Å². The molecule has 1 fully saturated rings. The number of ether oxygens (including phenoxy) is 1. The summed E-state index contributed by atoms with van der Waals surface area (Å²) in [6.45, 7) is 7.19. The predicted octanol–water partition coefficient (Wildman–Crippen LogP) is 4.06. The van der Waals surface area contributed by atoms with Crippen LogP contribution in [-0.2, 0) is 14.8 Å². The molecule has 168 valence electrons. The SMILES string of the molecule is CCOc1ccc(S(=O)(=O)N2CCC(C(=O)NC(CC)c3ccc(C)cc3)CC2)cc1. The first-order valence-electron chi connectivity index (χ1n) is 10.9. The van der Waals surface area contributed by atoms with Crippen molar-refractivity contribution in [1.29, 1.82) is 0 Å². The second-order valence-corrected chi connectivity index (χ2v) is 9.90. The molecule has 0 radical (unpaired) electrons. The number of piperidine rings is 1. The van der Waals surface area contributed by atoms with E-state index in [0.717, 1.165) is 12.0 Å². The molecule has 2 aromatic rings. The van der Waals surface area contributed by atoms with E-state index in [9.17, 15) is 13.2 Å². The number of hydrogen-bond acceptors (Lipinski definition) is 4. The van der Waals surface area contributed by atoms with Crippen LogP contribution in [0.3, 0.4) is 0 Å². The molecule has 0 bridgehead atoms. The zero-order valence-electron chi connectivity index (χ0n) is 18.5. The minimum atomic E-state index is -3.57. The van der Waals surface area contributed by atoms with Gasteiger partial charge < -0.3 is 10.1 Å². The van der Waals surface area contributed by atoms with Crippen LogP contribution in [0.15, 0.2) is 53.4 Å². The van der Waals surface area contributed by atoms with Crippen molar-refractivity contribution in [2.24, 2.45) is 5.92 Å². The van der Waals surface area contributed by atoms with E-state index in [1.807, 2.05) is 13.8 Å². The van der Waals surface area contributed by atoms with Gasteiger partial charge in [0.2, 0.25) is 15.9 Å². The van der Waals surface area contributed by atoms with Crippen molar-refractivity contribution in [1.82, 2.24) is 9.62 Å². The Kier molecular flexibility index (Phi) is 7.73. The molecule has 7 heteroatoms. The number of benzene rings is 2. The summed E-state index contributed by atoms with van der Waals surface area (Å²) < 4.78 is 32.8. The lowest BCUT2D eigenvalue weighted by molar-refractivity contribution is -0.126. The van der Waals surface area contributed by atoms with E-state index in [2.05, 4.69) is 36.5 Å². The van der Waals surface area contributed by atoms with Crippen molar-refractivity contribution in [2.75, 3.05) is 19.7 Å². The van der Waals surface area contributed by atoms with Gasteiger partial charge in [0, 0.05) is 19.0 Å². The zero-order chi connectivity index (χ0) is 22.4. The molecular formula is C24H32N2O4S. The van der Waals surface area contributed by atoms with Gasteiger partial charge in [-0.1, -0.05) is 36.8 Å². The number of sulfonamides is 1. The van der Waals surface area contributed by atoms with Crippen molar-refractivity contribution in [2.45, 2.75) is 51.0 Å². The van der Waals surface area contributed by atoms with E-state index in [0.29, 0.717) is 38.3 Å². The Morgan fingerprint density at radius 1 is 1.06 bits per heavy atom. The van der Waals surface area contributed by atoms with Crippen LogP contribution in [0.5, 0.6) is 5.75 Å². The number of amides is 1. The van der Waals surface area contributed by atoms with Gasteiger partial charge in [0.25, 0.3) is 0 Å². The molecule has 1 N–H and O–H groups in total. The number of rotatable bonds is 8. The fourth-order valence-corrected chi connectivity index (χ4v) is 5.36. The van der Waals surface area contributed by atoms with Crippen LogP contribution in [0, 0.1) is 12.8 Å². The first kappa shape index (κ1) is 23.3. The first-order valence-corrected chi connectivity index (χ1v) is 12.4. The van der Waals surface area contributed by atoms with Gasteiger partial charge in [0.05, 0.1) is 17.5 Å². The van der Waals surface area contributed by atoms with Gasteiger partial charge in [0.15, 0.2) is 0 Å². The quantitative estimate of drug-likeness (QED) is 0.666. The highest BCUT2D eigenvalue weighted by molar-refractivity contribution is 7.89. The number of aryl methyl sites for hydroxylation is 1. The fourth-order valence-electron chi connectivity index (χ4n) is 3.89. The Hall–Kier alpha value is -2.38. The first-order chi connectivity index (χ1) is 14.8. The standard InChI is InChI=1S/C24H32N2O4S/c1-4-23(19-8-6-18(3)7-9-19)25-24(27)20-14-16-26(17-15-20)31(28,29)22-12-10-21(11-13-22)30-5-2/h6-13,20,23H,4-5,14-17H2,1-3H3,(H,25,27). The molecule has 0 aliphatic carbocycles. The summed E-state index contributed by atoms with van der Waals surface area (Å²) in [7, 11) is -3.57. The van der Waals surface area contributed by atoms with Crippen LogP contribution in [-0.4, -0.2) is 38.3 Å². The summed E-state index contributed by atoms with van der Waals surface area (Å²) in [5, 5.41) is 3.15. The maximum atomic E-state index is 13.0. The molecule has 1 heterocycles. The average Bonchev–Trinajstić information content (AvgIpc) is 2.78. The van der Waals surface area contributed by atoms with Crippen LogP contribution < -0.4 is 10.1 Å². The number of hydrogen-bond donors (Lipinski definition) is 1. The molecule has 3 rings (SSSR count). The van der Waals surface area contributed by atoms with E-state index in [-0.39, 0.29) is 22.8 Å². The molecule has 6 nitrogen and oxygen atoms in total. The van der Waals surface area contributed by atoms with Crippen molar-refractivity contribution in [3.63, 3.8) is 0 Å². The van der Waals surface area contributed by atoms with Gasteiger partial charge >= 0.3 is 0 Å². The Labute approximate surface area is 185 Å². The summed E-state index contributed by atoms with van der Waals surface area (Å²) in [6, 6.07) is 14.7. The van der Waals surface area contributed by atoms with Crippen LogP contribution in [0.2, 0.25) is 0 Å². The molecule has 31 heavy (non-hydrogen) atoms. The van der Waals surface area contributed by atoms with Crippen LogP contribution in [0.25, 0.3) is 0 Å². The molecule has 1 aliphatic heterocycles. The van der Waals surface area contributed by atoms with Crippen LogP contribution >= 0.6 is 0 Å². The molecule has 1 unspecified atom stereocenters. The van der Waals surface area contributed by atoms with Gasteiger partial charge in [-0.2, -0.15) is 4.31 Å². The van der Waals surface area contributed by atoms with Gasteiger partial charge in [-0.15, -0.1) is 0 Å². The van der Waals surface area contributed by atoms with Crippen molar-refractivity contribution < 1.29 is 17.9 Å². The fraction of sp³-hybridized carbons (Fsp3) is 0.458. The predicted molar refractivity (Wildman–Crippen MR) is 121 cm³/mol. The second-order valence-electron chi connectivity index (χ2n) is 7.96. The van der Waals surface area contributed by atoms with E-state index < -0.39 is 10.0 Å². The zero-order valence-corrected chi connectivity index (χ0v) is 19.3. The molecule has 1 aliphatic rings. The monoisotopic (exact) mass is 444 g/mol. The summed E-state index contributed by atoms with van der Waals surface area (Å²) >= 11 is 0. The lowest BCUT2D eigenvalue weighted by Gasteiger charge is -2.31. The number of carbonyl (C=O) groups is 1. The molecular weight excluding hydrogens is 412 g/mol. The molecule has 1 amide bonds. The van der Waals surface area contributed by atoms with E-state index in [4.69, 9.17) is 4.74 Å². The lowest BCUT2D eigenvalue weighted by atomic mass is 9.95. The molecule has 0 aromatic heterocycles. The van der Waals surface area contributed by atoms with Crippen molar-refractivity contribution in [3.05, 3.63) is 59.7 Å². The van der Waals surface area contributed by atoms with Crippen molar-refractivity contribution in [3.8, 4) is 5.75 Å². The summed E-state index contributed by atoms with van der Waals surface area (Å²) in [6.07, 6.45) is 1.85. The Morgan fingerprint density at radius 3 is 2.23 bits per heavy atom. The van der Waals surface area contributed by atoms with Gasteiger partial charge in [-0.25, -0.2) is 8.42 Å². The molecule has 1 atom stereocenters. The summed E-state index contributed by atoms with van der Waals surface area (Å²) in [5.74, 6) is 0.479. The minimum Gasteiger partial charge on any atom is -0.494 e. The van der Waals surface area contributed by atoms with Crippen LogP contribution in [0.4, 0.5) is 0 Å². The molecule has 0 spiro atoms. The normalized spacial score (nSPS) is 16.6. The van der Waals surface area contributed by atoms with Crippen molar-refractivity contribution >= 4 is 15.9 Å².